The van der Waals surface area contributed by atoms with E-state index < -0.39 is 6.10 Å². The second-order valence-electron chi connectivity index (χ2n) is 3.70. The smallest absolute Gasteiger partial charge is 0.261 e. The summed E-state index contributed by atoms with van der Waals surface area (Å²) in [4.78, 5) is 11.6. The van der Waals surface area contributed by atoms with Crippen LogP contribution in [0.1, 0.15) is 12.5 Å². The Kier molecular flexibility index (Phi) is 5.04. The molecular formula is C13H16ClNO2. The summed E-state index contributed by atoms with van der Waals surface area (Å²) in [6.45, 7) is 7.55. The lowest BCUT2D eigenvalue weighted by atomic mass is 10.2. The van der Waals surface area contributed by atoms with Crippen molar-refractivity contribution in [3.05, 3.63) is 41.4 Å². The van der Waals surface area contributed by atoms with Gasteiger partial charge in [-0.1, -0.05) is 17.7 Å². The molecule has 1 N–H and O–H groups in total. The summed E-state index contributed by atoms with van der Waals surface area (Å²) in [6.07, 6.45) is 1.08. The summed E-state index contributed by atoms with van der Waals surface area (Å²) < 4.78 is 5.55. The van der Waals surface area contributed by atoms with Crippen molar-refractivity contribution in [1.82, 2.24) is 5.32 Å². The average molecular weight is 254 g/mol. The highest BCUT2D eigenvalue weighted by molar-refractivity contribution is 6.30. The summed E-state index contributed by atoms with van der Waals surface area (Å²) in [7, 11) is 0. The first kappa shape index (κ1) is 13.6. The number of aryl methyl sites for hydroxylation is 1. The Bertz CT molecular complexity index is 418. The Morgan fingerprint density at radius 3 is 2.94 bits per heavy atom. The third kappa shape index (κ3) is 4.11. The van der Waals surface area contributed by atoms with Crippen molar-refractivity contribution in [1.29, 1.82) is 0 Å². The first-order chi connectivity index (χ1) is 8.04. The number of nitrogens with one attached hydrogen (secondary N) is 1. The Morgan fingerprint density at radius 2 is 2.35 bits per heavy atom. The number of hydrogen-bond acceptors (Lipinski definition) is 2. The number of hydrogen-bond donors (Lipinski definition) is 1. The highest BCUT2D eigenvalue weighted by Crippen LogP contribution is 2.22. The summed E-state index contributed by atoms with van der Waals surface area (Å²) in [6, 6.07) is 5.29. The van der Waals surface area contributed by atoms with Crippen molar-refractivity contribution < 1.29 is 9.53 Å². The third-order valence-electron chi connectivity index (χ3n) is 2.23. The van der Waals surface area contributed by atoms with E-state index in [4.69, 9.17) is 16.3 Å². The van der Waals surface area contributed by atoms with Gasteiger partial charge in [0.15, 0.2) is 6.10 Å². The third-order valence-corrected chi connectivity index (χ3v) is 2.47. The fraction of sp³-hybridized carbons (Fsp3) is 0.308. The Hall–Kier alpha value is -1.48. The number of halogens is 1. The zero-order valence-corrected chi connectivity index (χ0v) is 10.8. The highest BCUT2D eigenvalue weighted by Gasteiger charge is 2.14. The predicted octanol–water partition coefficient (Wildman–Crippen LogP) is 2.72. The lowest BCUT2D eigenvalue weighted by molar-refractivity contribution is -0.127. The molecule has 0 aromatic heterocycles. The second-order valence-corrected chi connectivity index (χ2v) is 4.14. The number of benzene rings is 1. The van der Waals surface area contributed by atoms with Crippen molar-refractivity contribution >= 4 is 17.5 Å². The van der Waals surface area contributed by atoms with E-state index in [1.165, 1.54) is 0 Å². The van der Waals surface area contributed by atoms with E-state index in [2.05, 4.69) is 11.9 Å². The van der Waals surface area contributed by atoms with Crippen LogP contribution in [0.25, 0.3) is 0 Å². The van der Waals surface area contributed by atoms with Gasteiger partial charge in [0, 0.05) is 11.6 Å². The van der Waals surface area contributed by atoms with Gasteiger partial charge in [-0.15, -0.1) is 6.58 Å². The van der Waals surface area contributed by atoms with Gasteiger partial charge >= 0.3 is 0 Å². The number of carbonyl (C=O) groups is 1. The number of rotatable bonds is 5. The number of amides is 1. The lowest BCUT2D eigenvalue weighted by Gasteiger charge is -2.15. The van der Waals surface area contributed by atoms with Crippen molar-refractivity contribution in [3.8, 4) is 5.75 Å². The molecular weight excluding hydrogens is 238 g/mol. The minimum atomic E-state index is -0.546. The number of carbonyl (C=O) groups excluding carboxylic acids is 1. The molecule has 92 valence electrons. The fourth-order valence-electron chi connectivity index (χ4n) is 1.31. The van der Waals surface area contributed by atoms with Crippen LogP contribution in [0.4, 0.5) is 0 Å². The maximum absolute atomic E-state index is 11.6. The van der Waals surface area contributed by atoms with Gasteiger partial charge in [-0.25, -0.2) is 0 Å². The van der Waals surface area contributed by atoms with E-state index in [1.807, 2.05) is 6.92 Å². The molecule has 0 saturated carbocycles. The molecule has 0 fully saturated rings. The molecule has 1 amide bonds. The maximum Gasteiger partial charge on any atom is 0.261 e. The van der Waals surface area contributed by atoms with Gasteiger partial charge in [-0.2, -0.15) is 0 Å². The summed E-state index contributed by atoms with van der Waals surface area (Å²) in [5.41, 5.74) is 0.904. The minimum Gasteiger partial charge on any atom is -0.481 e. The van der Waals surface area contributed by atoms with Gasteiger partial charge in [0.05, 0.1) is 0 Å². The molecule has 3 nitrogen and oxygen atoms in total. The lowest BCUT2D eigenvalue weighted by Crippen LogP contribution is -2.36. The van der Waals surface area contributed by atoms with Crippen LogP contribution in [-0.4, -0.2) is 18.6 Å². The molecule has 0 aliphatic carbocycles. The normalized spacial score (nSPS) is 11.7. The summed E-state index contributed by atoms with van der Waals surface area (Å²) >= 11 is 5.84. The van der Waals surface area contributed by atoms with Crippen LogP contribution in [0.3, 0.4) is 0 Å². The molecule has 1 aromatic rings. The van der Waals surface area contributed by atoms with E-state index in [1.54, 1.807) is 31.2 Å². The Balaban J connectivity index is 2.64. The van der Waals surface area contributed by atoms with Crippen molar-refractivity contribution in [2.75, 3.05) is 6.54 Å². The van der Waals surface area contributed by atoms with Crippen LogP contribution in [0.2, 0.25) is 5.02 Å². The molecule has 1 atom stereocenters. The quantitative estimate of drug-likeness (QED) is 0.820. The van der Waals surface area contributed by atoms with Crippen LogP contribution in [-0.2, 0) is 4.79 Å². The molecule has 1 aromatic carbocycles. The Morgan fingerprint density at radius 1 is 1.65 bits per heavy atom. The molecule has 0 unspecified atom stereocenters. The monoisotopic (exact) mass is 253 g/mol. The maximum atomic E-state index is 11.6. The molecule has 0 saturated heterocycles. The first-order valence-electron chi connectivity index (χ1n) is 5.36. The summed E-state index contributed by atoms with van der Waals surface area (Å²) in [5, 5.41) is 3.33. The molecule has 4 heteroatoms. The second kappa shape index (κ2) is 6.30. The van der Waals surface area contributed by atoms with E-state index in [-0.39, 0.29) is 5.91 Å². The molecule has 0 spiro atoms. The minimum absolute atomic E-state index is 0.167. The van der Waals surface area contributed by atoms with E-state index >= 15 is 0 Å². The molecule has 1 rings (SSSR count). The largest absolute Gasteiger partial charge is 0.481 e. The van der Waals surface area contributed by atoms with Gasteiger partial charge in [0.1, 0.15) is 5.75 Å². The molecule has 0 heterocycles. The van der Waals surface area contributed by atoms with Crippen LogP contribution in [0.5, 0.6) is 5.75 Å². The van der Waals surface area contributed by atoms with Gasteiger partial charge < -0.3 is 10.1 Å². The molecule has 0 aliphatic rings. The van der Waals surface area contributed by atoms with E-state index in [0.717, 1.165) is 5.56 Å². The van der Waals surface area contributed by atoms with Gasteiger partial charge in [-0.3, -0.25) is 4.79 Å². The standard InChI is InChI=1S/C13H16ClNO2/c1-4-7-15-13(16)10(3)17-12-6-5-11(14)8-9(12)2/h4-6,8,10H,1,7H2,2-3H3,(H,15,16)/t10-/m0/s1. The van der Waals surface area contributed by atoms with Crippen molar-refractivity contribution in [3.63, 3.8) is 0 Å². The van der Waals surface area contributed by atoms with Crippen LogP contribution in [0, 0.1) is 6.92 Å². The average Bonchev–Trinajstić information content (AvgIpc) is 2.29. The Labute approximate surface area is 106 Å². The molecule has 0 bridgehead atoms. The molecule has 17 heavy (non-hydrogen) atoms. The van der Waals surface area contributed by atoms with Gasteiger partial charge in [0.25, 0.3) is 5.91 Å². The first-order valence-corrected chi connectivity index (χ1v) is 5.74. The molecule has 0 radical (unpaired) electrons. The van der Waals surface area contributed by atoms with Crippen LogP contribution >= 0.6 is 11.6 Å². The summed E-state index contributed by atoms with van der Waals surface area (Å²) in [5.74, 6) is 0.495. The zero-order valence-electron chi connectivity index (χ0n) is 10.00. The highest BCUT2D eigenvalue weighted by atomic mass is 35.5. The van der Waals surface area contributed by atoms with Crippen molar-refractivity contribution in [2.45, 2.75) is 20.0 Å². The van der Waals surface area contributed by atoms with Gasteiger partial charge in [-0.05, 0) is 37.6 Å². The van der Waals surface area contributed by atoms with Gasteiger partial charge in [0.2, 0.25) is 0 Å². The van der Waals surface area contributed by atoms with Crippen molar-refractivity contribution in [2.24, 2.45) is 0 Å². The van der Waals surface area contributed by atoms with E-state index in [9.17, 15) is 4.79 Å². The number of ether oxygens (including phenoxy) is 1. The molecule has 0 aliphatic heterocycles. The van der Waals surface area contributed by atoms with Crippen LogP contribution < -0.4 is 10.1 Å². The fourth-order valence-corrected chi connectivity index (χ4v) is 1.53. The SMILES string of the molecule is C=CCNC(=O)[C@H](C)Oc1ccc(Cl)cc1C. The zero-order chi connectivity index (χ0) is 12.8. The topological polar surface area (TPSA) is 38.3 Å². The van der Waals surface area contributed by atoms with E-state index in [0.29, 0.717) is 17.3 Å². The van der Waals surface area contributed by atoms with Crippen LogP contribution in [0.15, 0.2) is 30.9 Å². The predicted molar refractivity (Wildman–Crippen MR) is 69.5 cm³/mol.